The fourth-order valence-corrected chi connectivity index (χ4v) is 5.52. The molecule has 1 aromatic rings. The van der Waals surface area contributed by atoms with Gasteiger partial charge in [0, 0.05) is 18.2 Å². The van der Waals surface area contributed by atoms with E-state index in [-0.39, 0.29) is 41.5 Å². The summed E-state index contributed by atoms with van der Waals surface area (Å²) in [6.45, 7) is 1.80. The Morgan fingerprint density at radius 2 is 1.81 bits per heavy atom. The molecule has 0 amide bonds. The molecule has 0 aliphatic carbocycles. The molecule has 10 atom stereocenters. The maximum Gasteiger partial charge on any atom is 1.00 e. The maximum atomic E-state index is 12.1. The Bertz CT molecular complexity index is 1130. The number of H-pyrrole nitrogens is 1. The van der Waals surface area contributed by atoms with Crippen LogP contribution in [-0.4, -0.2) is 84.4 Å². The molecule has 2 aliphatic rings. The third-order valence-corrected chi connectivity index (χ3v) is 7.87. The summed E-state index contributed by atoms with van der Waals surface area (Å²) in [5, 5.41) is 39.3. The molecule has 0 spiro atoms. The van der Waals surface area contributed by atoms with Gasteiger partial charge in [0.15, 0.2) is 6.29 Å². The number of aryl methyl sites for hydroxylation is 1. The van der Waals surface area contributed by atoms with Crippen LogP contribution in [0, 0.1) is 6.92 Å². The molecule has 0 bridgehead atoms. The number of aliphatic hydroxyl groups is 4. The average Bonchev–Trinajstić information content (AvgIpc) is 3.11. The van der Waals surface area contributed by atoms with Gasteiger partial charge >= 0.3 is 43.1 Å². The predicted octanol–water partition coefficient (Wildman–Crippen LogP) is -6.06. The number of phosphoric acid groups is 2. The molecule has 200 valence electrons. The van der Waals surface area contributed by atoms with Gasteiger partial charge in [-0.15, -0.1) is 0 Å². The zero-order valence-corrected chi connectivity index (χ0v) is 23.1. The van der Waals surface area contributed by atoms with E-state index >= 15 is 0 Å². The van der Waals surface area contributed by atoms with Gasteiger partial charge < -0.3 is 44.2 Å². The number of aliphatic hydroxyl groups excluding tert-OH is 4. The van der Waals surface area contributed by atoms with E-state index in [0.717, 1.165) is 4.57 Å². The molecule has 0 radical (unpaired) electrons. The van der Waals surface area contributed by atoms with Gasteiger partial charge in [-0.3, -0.25) is 23.4 Å². The average molecular weight is 570 g/mol. The molecule has 2 unspecified atom stereocenters. The van der Waals surface area contributed by atoms with Gasteiger partial charge in [0.1, 0.15) is 30.6 Å². The molecule has 20 heteroatoms. The van der Waals surface area contributed by atoms with Crippen LogP contribution < -0.4 is 45.7 Å². The Hall–Kier alpha value is -0.300. The summed E-state index contributed by atoms with van der Waals surface area (Å²) in [7, 11) is -11.1. The first-order valence-electron chi connectivity index (χ1n) is 10.1. The summed E-state index contributed by atoms with van der Waals surface area (Å²) in [5.41, 5.74) is -1.26. The van der Waals surface area contributed by atoms with Crippen molar-refractivity contribution in [2.24, 2.45) is 0 Å². The van der Waals surface area contributed by atoms with Crippen molar-refractivity contribution < 1.29 is 91.7 Å². The van der Waals surface area contributed by atoms with Gasteiger partial charge in [-0.05, 0) is 13.8 Å². The number of aromatic nitrogens is 2. The zero-order chi connectivity index (χ0) is 26.3. The van der Waals surface area contributed by atoms with Crippen LogP contribution >= 0.6 is 15.6 Å². The minimum atomic E-state index is -5.58. The second-order valence-electron chi connectivity index (χ2n) is 7.99. The summed E-state index contributed by atoms with van der Waals surface area (Å²) >= 11 is 0. The standard InChI is InChI=1S/C16H26N2O15P2.Na/c1-6-4-18(16(24)17-14(6)23)10-3-8(19)9(31-10)5-29-34(25,26)33-35(27,28)32-15-13(22)12(21)11(20)7(2)30-15;/h4,7-13,15,19-22H,3,5H2,1-2H3,(H,25,26)(H,27,28)(H,17,23,24);/q;+1/p-1/t7-,8-,9+,10+,11-,12-,13+,15-;/m0./s1. The van der Waals surface area contributed by atoms with Crippen molar-refractivity contribution in [3.63, 3.8) is 0 Å². The van der Waals surface area contributed by atoms with Gasteiger partial charge in [0.05, 0.1) is 18.8 Å². The predicted molar refractivity (Wildman–Crippen MR) is 109 cm³/mol. The topological polar surface area (TPSA) is 259 Å². The summed E-state index contributed by atoms with van der Waals surface area (Å²) in [6, 6.07) is 0. The second-order valence-corrected chi connectivity index (χ2v) is 10.9. The molecule has 1 aromatic heterocycles. The molecule has 3 heterocycles. The summed E-state index contributed by atoms with van der Waals surface area (Å²) in [5.74, 6) is 0. The molecule has 2 fully saturated rings. The van der Waals surface area contributed by atoms with Gasteiger partial charge in [-0.25, -0.2) is 13.7 Å². The van der Waals surface area contributed by atoms with Gasteiger partial charge in [-0.2, -0.15) is 0 Å². The van der Waals surface area contributed by atoms with E-state index < -0.39 is 82.6 Å². The van der Waals surface area contributed by atoms with Crippen LogP contribution in [0.5, 0.6) is 0 Å². The van der Waals surface area contributed by atoms with Crippen LogP contribution in [0.4, 0.5) is 0 Å². The number of phosphoric ester groups is 2. The largest absolute Gasteiger partial charge is 1.00 e. The maximum absolute atomic E-state index is 12.1. The Kier molecular flexibility index (Phi) is 10.9. The molecule has 2 aliphatic heterocycles. The Morgan fingerprint density at radius 3 is 2.44 bits per heavy atom. The first-order chi connectivity index (χ1) is 16.1. The van der Waals surface area contributed by atoms with E-state index in [2.05, 4.69) is 18.3 Å². The number of nitrogens with one attached hydrogen (secondary N) is 1. The SMILES string of the molecule is Cc1cn([C@H]2C[C@H](O)[C@@H](COP(=O)([O-])OP(=O)(O)O[C@@H]3O[C@@H](C)[C@H](O)[C@H](O)[C@H]3O)O2)c(=O)[nH]c1=O.[Na+]. The zero-order valence-electron chi connectivity index (χ0n) is 19.3. The molecule has 36 heavy (non-hydrogen) atoms. The van der Waals surface area contributed by atoms with Gasteiger partial charge in [-0.1, -0.05) is 0 Å². The normalized spacial score (nSPS) is 36.0. The van der Waals surface area contributed by atoms with Crippen LogP contribution in [0.15, 0.2) is 15.8 Å². The Morgan fingerprint density at radius 1 is 1.17 bits per heavy atom. The number of hydrogen-bond acceptors (Lipinski definition) is 14. The van der Waals surface area contributed by atoms with Crippen molar-refractivity contribution in [1.82, 2.24) is 9.55 Å². The number of hydrogen-bond donors (Lipinski definition) is 6. The van der Waals surface area contributed by atoms with Crippen molar-refractivity contribution in [3.05, 3.63) is 32.6 Å². The van der Waals surface area contributed by atoms with Crippen LogP contribution in [0.25, 0.3) is 0 Å². The molecule has 2 saturated heterocycles. The smallest absolute Gasteiger partial charge is 0.756 e. The minimum Gasteiger partial charge on any atom is -0.756 e. The monoisotopic (exact) mass is 570 g/mol. The van der Waals surface area contributed by atoms with Gasteiger partial charge in [0.25, 0.3) is 13.4 Å². The van der Waals surface area contributed by atoms with E-state index in [9.17, 15) is 48.9 Å². The van der Waals surface area contributed by atoms with Crippen molar-refractivity contribution in [1.29, 1.82) is 0 Å². The molecule has 6 N–H and O–H groups in total. The third kappa shape index (κ3) is 7.64. The molecule has 3 rings (SSSR count). The van der Waals surface area contributed by atoms with Crippen molar-refractivity contribution in [2.75, 3.05) is 6.61 Å². The first kappa shape index (κ1) is 31.9. The summed E-state index contributed by atoms with van der Waals surface area (Å²) < 4.78 is 48.5. The fraction of sp³-hybridized carbons (Fsp3) is 0.750. The number of rotatable bonds is 8. The van der Waals surface area contributed by atoms with Crippen LogP contribution in [0.2, 0.25) is 0 Å². The van der Waals surface area contributed by atoms with E-state index in [0.29, 0.717) is 0 Å². The Labute approximate surface area is 225 Å². The minimum absolute atomic E-state index is 0. The first-order valence-corrected chi connectivity index (χ1v) is 13.1. The quantitative estimate of drug-likeness (QED) is 0.126. The van der Waals surface area contributed by atoms with E-state index in [1.165, 1.54) is 20.0 Å². The van der Waals surface area contributed by atoms with Crippen LogP contribution in [0.1, 0.15) is 25.1 Å². The van der Waals surface area contributed by atoms with Gasteiger partial charge in [0.2, 0.25) is 0 Å². The molecule has 0 aromatic carbocycles. The van der Waals surface area contributed by atoms with E-state index in [1.807, 2.05) is 0 Å². The van der Waals surface area contributed by atoms with Crippen LogP contribution in [0.3, 0.4) is 0 Å². The van der Waals surface area contributed by atoms with Crippen molar-refractivity contribution in [2.45, 2.75) is 69.4 Å². The molecular formula is C16H25N2NaO15P2. The fourth-order valence-electron chi connectivity index (χ4n) is 3.40. The second kappa shape index (κ2) is 12.3. The molecule has 17 nitrogen and oxygen atoms in total. The molecular weight excluding hydrogens is 545 g/mol. The summed E-state index contributed by atoms with van der Waals surface area (Å²) in [4.78, 5) is 47.3. The summed E-state index contributed by atoms with van der Waals surface area (Å²) in [6.07, 6.45) is -11.3. The van der Waals surface area contributed by atoms with E-state index in [1.54, 1.807) is 0 Å². The molecule has 0 saturated carbocycles. The number of nitrogens with zero attached hydrogens (tertiary/aromatic N) is 1. The number of ether oxygens (including phenoxy) is 2. The number of aromatic amines is 1. The van der Waals surface area contributed by atoms with Crippen molar-refractivity contribution >= 4 is 15.6 Å². The van der Waals surface area contributed by atoms with E-state index in [4.69, 9.17) is 9.47 Å². The van der Waals surface area contributed by atoms with Crippen LogP contribution in [-0.2, 0) is 32.0 Å². The third-order valence-electron chi connectivity index (χ3n) is 5.31. The Balaban J connectivity index is 0.00000456. The van der Waals surface area contributed by atoms with Crippen molar-refractivity contribution in [3.8, 4) is 0 Å².